The van der Waals surface area contributed by atoms with Crippen molar-refractivity contribution in [3.05, 3.63) is 60.3 Å². The third kappa shape index (κ3) is 2.56. The standard InChI is InChI=1S/C17H16N2O2.ClH/c1-19-10-16-14(6-8-20-16)17(11-19)21-15-4-2-3-12-9-18-7-5-13(12)15;/h2-9,17H,10-11H2,1H3;1H. The van der Waals surface area contributed by atoms with E-state index >= 15 is 0 Å². The second-order valence-electron chi connectivity index (χ2n) is 5.46. The van der Waals surface area contributed by atoms with E-state index in [-0.39, 0.29) is 18.5 Å². The van der Waals surface area contributed by atoms with Gasteiger partial charge in [-0.15, -0.1) is 12.4 Å². The summed E-state index contributed by atoms with van der Waals surface area (Å²) in [6.07, 6.45) is 5.40. The van der Waals surface area contributed by atoms with Crippen molar-refractivity contribution in [2.75, 3.05) is 13.6 Å². The van der Waals surface area contributed by atoms with Gasteiger partial charge in [0.1, 0.15) is 17.6 Å². The molecule has 0 fully saturated rings. The molecule has 0 spiro atoms. The van der Waals surface area contributed by atoms with Crippen LogP contribution in [0.4, 0.5) is 0 Å². The summed E-state index contributed by atoms with van der Waals surface area (Å²) in [6, 6.07) is 10.1. The summed E-state index contributed by atoms with van der Waals surface area (Å²) in [4.78, 5) is 6.37. The van der Waals surface area contributed by atoms with Gasteiger partial charge in [-0.3, -0.25) is 9.88 Å². The Kier molecular flexibility index (Phi) is 4.05. The first-order valence-electron chi connectivity index (χ1n) is 7.05. The van der Waals surface area contributed by atoms with E-state index in [1.54, 1.807) is 12.5 Å². The van der Waals surface area contributed by atoms with Gasteiger partial charge in [0.2, 0.25) is 0 Å². The molecule has 0 aliphatic carbocycles. The highest BCUT2D eigenvalue weighted by Crippen LogP contribution is 2.33. The number of pyridine rings is 1. The van der Waals surface area contributed by atoms with Gasteiger partial charge >= 0.3 is 0 Å². The Morgan fingerprint density at radius 2 is 2.18 bits per heavy atom. The van der Waals surface area contributed by atoms with Gasteiger partial charge in [-0.1, -0.05) is 12.1 Å². The fraction of sp³-hybridized carbons (Fsp3) is 0.235. The average molecular weight is 317 g/mol. The third-order valence-electron chi connectivity index (χ3n) is 3.93. The molecule has 114 valence electrons. The van der Waals surface area contributed by atoms with Gasteiger partial charge in [-0.05, 0) is 25.2 Å². The lowest BCUT2D eigenvalue weighted by molar-refractivity contribution is 0.121. The molecule has 1 aromatic carbocycles. The number of hydrogen-bond donors (Lipinski definition) is 0. The molecule has 4 nitrogen and oxygen atoms in total. The van der Waals surface area contributed by atoms with Crippen LogP contribution < -0.4 is 4.74 Å². The van der Waals surface area contributed by atoms with E-state index in [4.69, 9.17) is 9.15 Å². The SMILES string of the molecule is CN1Cc2occc2C(Oc2cccc3cnccc23)C1.Cl. The second-order valence-corrected chi connectivity index (χ2v) is 5.46. The lowest BCUT2D eigenvalue weighted by Gasteiger charge is -2.29. The molecule has 0 N–H and O–H groups in total. The maximum absolute atomic E-state index is 6.29. The number of furan rings is 1. The van der Waals surface area contributed by atoms with E-state index in [0.29, 0.717) is 0 Å². The summed E-state index contributed by atoms with van der Waals surface area (Å²) in [5.41, 5.74) is 1.15. The van der Waals surface area contributed by atoms with Gasteiger partial charge in [0.05, 0.1) is 12.8 Å². The average Bonchev–Trinajstić information content (AvgIpc) is 2.96. The summed E-state index contributed by atoms with van der Waals surface area (Å²) in [5, 5.41) is 2.18. The highest BCUT2D eigenvalue weighted by molar-refractivity contribution is 5.87. The number of halogens is 1. The minimum Gasteiger partial charge on any atom is -0.484 e. The van der Waals surface area contributed by atoms with Crippen LogP contribution in [0.5, 0.6) is 5.75 Å². The Morgan fingerprint density at radius 3 is 3.09 bits per heavy atom. The zero-order valence-electron chi connectivity index (χ0n) is 12.2. The Balaban J connectivity index is 0.00000144. The summed E-state index contributed by atoms with van der Waals surface area (Å²) in [6.45, 7) is 1.69. The van der Waals surface area contributed by atoms with Crippen LogP contribution in [0, 0.1) is 0 Å². The molecule has 4 rings (SSSR count). The van der Waals surface area contributed by atoms with E-state index < -0.39 is 0 Å². The molecule has 1 unspecified atom stereocenters. The van der Waals surface area contributed by atoms with Gasteiger partial charge in [-0.25, -0.2) is 0 Å². The molecular weight excluding hydrogens is 300 g/mol. The smallest absolute Gasteiger partial charge is 0.140 e. The largest absolute Gasteiger partial charge is 0.484 e. The fourth-order valence-electron chi connectivity index (χ4n) is 2.91. The Hall–Kier alpha value is -2.04. The van der Waals surface area contributed by atoms with Crippen molar-refractivity contribution < 1.29 is 9.15 Å². The van der Waals surface area contributed by atoms with Crippen LogP contribution in [0.2, 0.25) is 0 Å². The van der Waals surface area contributed by atoms with Crippen molar-refractivity contribution in [1.82, 2.24) is 9.88 Å². The molecule has 3 heterocycles. The Bertz CT molecular complexity index is 782. The van der Waals surface area contributed by atoms with Gasteiger partial charge in [-0.2, -0.15) is 0 Å². The van der Waals surface area contributed by atoms with Crippen LogP contribution in [0.15, 0.2) is 53.4 Å². The number of nitrogens with zero attached hydrogens (tertiary/aromatic N) is 2. The van der Waals surface area contributed by atoms with Crippen LogP contribution in [-0.4, -0.2) is 23.5 Å². The van der Waals surface area contributed by atoms with Crippen molar-refractivity contribution in [3.8, 4) is 5.75 Å². The number of ether oxygens (including phenoxy) is 1. The van der Waals surface area contributed by atoms with Crippen molar-refractivity contribution in [2.45, 2.75) is 12.6 Å². The quantitative estimate of drug-likeness (QED) is 0.720. The zero-order valence-corrected chi connectivity index (χ0v) is 13.0. The molecule has 2 aromatic heterocycles. The number of rotatable bonds is 2. The molecule has 1 aliphatic heterocycles. The van der Waals surface area contributed by atoms with Gasteiger partial charge < -0.3 is 9.15 Å². The molecule has 0 bridgehead atoms. The third-order valence-corrected chi connectivity index (χ3v) is 3.93. The van der Waals surface area contributed by atoms with Crippen LogP contribution in [-0.2, 0) is 6.54 Å². The van der Waals surface area contributed by atoms with Crippen molar-refractivity contribution in [1.29, 1.82) is 0 Å². The normalized spacial score (nSPS) is 17.8. The van der Waals surface area contributed by atoms with Crippen LogP contribution in [0.3, 0.4) is 0 Å². The summed E-state index contributed by atoms with van der Waals surface area (Å²) < 4.78 is 11.8. The molecular formula is C17H17ClN2O2. The summed E-state index contributed by atoms with van der Waals surface area (Å²) in [5.74, 6) is 1.89. The van der Waals surface area contributed by atoms with Crippen molar-refractivity contribution in [2.24, 2.45) is 0 Å². The molecule has 0 saturated carbocycles. The molecule has 0 saturated heterocycles. The number of likely N-dealkylation sites (N-methyl/N-ethyl adjacent to an activating group) is 1. The first-order valence-corrected chi connectivity index (χ1v) is 7.05. The molecule has 1 atom stereocenters. The number of fused-ring (bicyclic) bond motifs is 2. The highest BCUT2D eigenvalue weighted by atomic mass is 35.5. The molecule has 0 radical (unpaired) electrons. The number of hydrogen-bond acceptors (Lipinski definition) is 4. The minimum atomic E-state index is -0.00346. The number of aromatic nitrogens is 1. The van der Waals surface area contributed by atoms with Gasteiger partial charge in [0.15, 0.2) is 0 Å². The zero-order chi connectivity index (χ0) is 14.2. The van der Waals surface area contributed by atoms with Crippen LogP contribution in [0.1, 0.15) is 17.4 Å². The van der Waals surface area contributed by atoms with Gasteiger partial charge in [0.25, 0.3) is 0 Å². The Morgan fingerprint density at radius 1 is 1.27 bits per heavy atom. The summed E-state index contributed by atoms with van der Waals surface area (Å²) in [7, 11) is 2.08. The lowest BCUT2D eigenvalue weighted by Crippen LogP contribution is -2.32. The van der Waals surface area contributed by atoms with E-state index in [2.05, 4.69) is 16.9 Å². The first kappa shape index (κ1) is 14.9. The molecule has 3 aromatic rings. The summed E-state index contributed by atoms with van der Waals surface area (Å²) >= 11 is 0. The topological polar surface area (TPSA) is 38.5 Å². The van der Waals surface area contributed by atoms with E-state index in [1.165, 1.54) is 0 Å². The molecule has 5 heteroatoms. The highest BCUT2D eigenvalue weighted by Gasteiger charge is 2.27. The van der Waals surface area contributed by atoms with Crippen LogP contribution >= 0.6 is 12.4 Å². The fourth-order valence-corrected chi connectivity index (χ4v) is 2.91. The Labute approximate surface area is 135 Å². The lowest BCUT2D eigenvalue weighted by atomic mass is 10.1. The maximum atomic E-state index is 6.29. The predicted octanol–water partition coefficient (Wildman–Crippen LogP) is 3.82. The predicted molar refractivity (Wildman–Crippen MR) is 87.4 cm³/mol. The van der Waals surface area contributed by atoms with E-state index in [0.717, 1.165) is 40.9 Å². The second kappa shape index (κ2) is 5.99. The maximum Gasteiger partial charge on any atom is 0.140 e. The van der Waals surface area contributed by atoms with E-state index in [1.807, 2.05) is 36.5 Å². The first-order chi connectivity index (χ1) is 10.3. The molecule has 22 heavy (non-hydrogen) atoms. The van der Waals surface area contributed by atoms with Crippen molar-refractivity contribution >= 4 is 23.2 Å². The minimum absolute atomic E-state index is 0. The van der Waals surface area contributed by atoms with Crippen molar-refractivity contribution in [3.63, 3.8) is 0 Å². The van der Waals surface area contributed by atoms with Crippen LogP contribution in [0.25, 0.3) is 10.8 Å². The van der Waals surface area contributed by atoms with Gasteiger partial charge in [0, 0.05) is 35.3 Å². The monoisotopic (exact) mass is 316 g/mol. The molecule has 1 aliphatic rings. The van der Waals surface area contributed by atoms with E-state index in [9.17, 15) is 0 Å². The molecule has 0 amide bonds. The number of benzene rings is 1.